The van der Waals surface area contributed by atoms with Gasteiger partial charge >= 0.3 is 0 Å². The highest BCUT2D eigenvalue weighted by molar-refractivity contribution is 6.31. The van der Waals surface area contributed by atoms with Gasteiger partial charge in [-0.1, -0.05) is 17.7 Å². The van der Waals surface area contributed by atoms with Gasteiger partial charge in [-0.25, -0.2) is 0 Å². The molecule has 0 radical (unpaired) electrons. The van der Waals surface area contributed by atoms with Crippen LogP contribution in [0.15, 0.2) is 30.9 Å². The van der Waals surface area contributed by atoms with E-state index in [9.17, 15) is 0 Å². The van der Waals surface area contributed by atoms with E-state index in [-0.39, 0.29) is 6.04 Å². The van der Waals surface area contributed by atoms with Crippen molar-refractivity contribution in [3.63, 3.8) is 0 Å². The molecule has 1 aromatic rings. The van der Waals surface area contributed by atoms with Gasteiger partial charge in [0, 0.05) is 16.8 Å². The zero-order chi connectivity index (χ0) is 9.84. The van der Waals surface area contributed by atoms with Crippen LogP contribution in [0, 0.1) is 0 Å². The summed E-state index contributed by atoms with van der Waals surface area (Å²) in [6, 6.07) is 5.20. The van der Waals surface area contributed by atoms with Crippen LogP contribution in [0.25, 0.3) is 0 Å². The van der Waals surface area contributed by atoms with Gasteiger partial charge in [-0.05, 0) is 30.2 Å². The largest absolute Gasteiger partial charge is 0.399 e. The van der Waals surface area contributed by atoms with Gasteiger partial charge in [0.05, 0.1) is 0 Å². The molecule has 0 amide bonds. The molecule has 0 heterocycles. The van der Waals surface area contributed by atoms with E-state index in [1.807, 2.05) is 0 Å². The Bertz CT molecular complexity index is 310. The average Bonchev–Trinajstić information content (AvgIpc) is 2.09. The molecule has 2 nitrogen and oxygen atoms in total. The van der Waals surface area contributed by atoms with Gasteiger partial charge in [-0.3, -0.25) is 0 Å². The molecule has 0 aliphatic heterocycles. The molecule has 0 unspecified atom stereocenters. The van der Waals surface area contributed by atoms with E-state index in [1.165, 1.54) is 0 Å². The zero-order valence-electron chi connectivity index (χ0n) is 7.33. The first-order chi connectivity index (χ1) is 6.15. The summed E-state index contributed by atoms with van der Waals surface area (Å²) in [5.74, 6) is 0. The lowest BCUT2D eigenvalue weighted by Crippen LogP contribution is -2.09. The van der Waals surface area contributed by atoms with Crippen molar-refractivity contribution in [1.82, 2.24) is 0 Å². The summed E-state index contributed by atoms with van der Waals surface area (Å²) in [6.07, 6.45) is 2.47. The third-order valence-corrected chi connectivity index (χ3v) is 2.18. The van der Waals surface area contributed by atoms with Crippen molar-refractivity contribution in [1.29, 1.82) is 0 Å². The number of anilines is 1. The zero-order valence-corrected chi connectivity index (χ0v) is 8.09. The monoisotopic (exact) mass is 196 g/mol. The van der Waals surface area contributed by atoms with Gasteiger partial charge in [0.1, 0.15) is 0 Å². The smallest absolute Gasteiger partial charge is 0.0455 e. The summed E-state index contributed by atoms with van der Waals surface area (Å²) in [7, 11) is 0. The van der Waals surface area contributed by atoms with Crippen molar-refractivity contribution in [3.8, 4) is 0 Å². The fourth-order valence-electron chi connectivity index (χ4n) is 1.15. The highest BCUT2D eigenvalue weighted by atomic mass is 35.5. The first kappa shape index (κ1) is 10.1. The molecule has 0 saturated carbocycles. The standard InChI is InChI=1S/C10H13ClN2/c1-2-3-10(13)8-6-7(12)4-5-9(8)11/h2,4-6,10H,1,3,12-13H2/t10-/m0/s1. The summed E-state index contributed by atoms with van der Waals surface area (Å²) >= 11 is 5.96. The maximum Gasteiger partial charge on any atom is 0.0455 e. The molecule has 1 aromatic carbocycles. The lowest BCUT2D eigenvalue weighted by Gasteiger charge is -2.11. The Morgan fingerprint density at radius 3 is 2.85 bits per heavy atom. The van der Waals surface area contributed by atoms with Gasteiger partial charge in [-0.15, -0.1) is 6.58 Å². The second-order valence-corrected chi connectivity index (χ2v) is 3.32. The SMILES string of the molecule is C=CC[C@H](N)c1cc(N)ccc1Cl. The van der Waals surface area contributed by atoms with Crippen molar-refractivity contribution in [2.24, 2.45) is 5.73 Å². The number of rotatable bonds is 3. The summed E-state index contributed by atoms with van der Waals surface area (Å²) in [5, 5.41) is 0.656. The van der Waals surface area contributed by atoms with Crippen molar-refractivity contribution >= 4 is 17.3 Å². The maximum atomic E-state index is 5.96. The van der Waals surface area contributed by atoms with E-state index < -0.39 is 0 Å². The Balaban J connectivity index is 2.97. The second kappa shape index (κ2) is 4.30. The normalized spacial score (nSPS) is 12.5. The van der Waals surface area contributed by atoms with E-state index in [2.05, 4.69) is 6.58 Å². The Hall–Kier alpha value is -0.990. The first-order valence-corrected chi connectivity index (χ1v) is 4.44. The fraction of sp³-hybridized carbons (Fsp3) is 0.200. The molecule has 70 valence electrons. The Morgan fingerprint density at radius 1 is 1.54 bits per heavy atom. The van der Waals surface area contributed by atoms with Gasteiger partial charge in [0.15, 0.2) is 0 Å². The van der Waals surface area contributed by atoms with Crippen molar-refractivity contribution in [3.05, 3.63) is 41.4 Å². The first-order valence-electron chi connectivity index (χ1n) is 4.06. The number of benzene rings is 1. The van der Waals surface area contributed by atoms with Crippen molar-refractivity contribution in [2.75, 3.05) is 5.73 Å². The predicted octanol–water partition coefficient (Wildman–Crippen LogP) is 2.50. The lowest BCUT2D eigenvalue weighted by atomic mass is 10.0. The quantitative estimate of drug-likeness (QED) is 0.577. The topological polar surface area (TPSA) is 52.0 Å². The Labute approximate surface area is 83.2 Å². The van der Waals surface area contributed by atoms with Gasteiger partial charge in [0.25, 0.3) is 0 Å². The molecule has 0 aliphatic carbocycles. The average molecular weight is 197 g/mol. The van der Waals surface area contributed by atoms with E-state index in [1.54, 1.807) is 24.3 Å². The van der Waals surface area contributed by atoms with Crippen molar-refractivity contribution in [2.45, 2.75) is 12.5 Å². The van der Waals surface area contributed by atoms with Crippen molar-refractivity contribution < 1.29 is 0 Å². The van der Waals surface area contributed by atoms with Crippen LogP contribution in [0.4, 0.5) is 5.69 Å². The minimum absolute atomic E-state index is 0.117. The van der Waals surface area contributed by atoms with Gasteiger partial charge in [-0.2, -0.15) is 0 Å². The molecule has 0 saturated heterocycles. The Morgan fingerprint density at radius 2 is 2.23 bits per heavy atom. The van der Waals surface area contributed by atoms with Crippen LogP contribution in [-0.4, -0.2) is 0 Å². The van der Waals surface area contributed by atoms with Crippen LogP contribution in [0.3, 0.4) is 0 Å². The molecule has 0 spiro atoms. The van der Waals surface area contributed by atoms with E-state index in [0.717, 1.165) is 5.56 Å². The second-order valence-electron chi connectivity index (χ2n) is 2.91. The molecule has 1 rings (SSSR count). The molecule has 13 heavy (non-hydrogen) atoms. The lowest BCUT2D eigenvalue weighted by molar-refractivity contribution is 0.742. The highest BCUT2D eigenvalue weighted by Crippen LogP contribution is 2.25. The van der Waals surface area contributed by atoms with E-state index in [0.29, 0.717) is 17.1 Å². The van der Waals surface area contributed by atoms with Crippen LogP contribution in [0.1, 0.15) is 18.0 Å². The number of nitrogens with two attached hydrogens (primary N) is 2. The number of nitrogen functional groups attached to an aromatic ring is 1. The highest BCUT2D eigenvalue weighted by Gasteiger charge is 2.08. The number of halogens is 1. The third kappa shape index (κ3) is 2.47. The van der Waals surface area contributed by atoms with Crippen LogP contribution < -0.4 is 11.5 Å². The molecular weight excluding hydrogens is 184 g/mol. The van der Waals surface area contributed by atoms with Gasteiger partial charge in [0.2, 0.25) is 0 Å². The van der Waals surface area contributed by atoms with Gasteiger partial charge < -0.3 is 11.5 Å². The number of hydrogen-bond acceptors (Lipinski definition) is 2. The van der Waals surface area contributed by atoms with E-state index >= 15 is 0 Å². The van der Waals surface area contributed by atoms with Crippen LogP contribution in [0.2, 0.25) is 5.02 Å². The van der Waals surface area contributed by atoms with Crippen LogP contribution in [-0.2, 0) is 0 Å². The molecule has 0 bridgehead atoms. The summed E-state index contributed by atoms with van der Waals surface area (Å²) < 4.78 is 0. The molecule has 1 atom stereocenters. The summed E-state index contributed by atoms with van der Waals surface area (Å²) in [4.78, 5) is 0. The Kier molecular flexibility index (Phi) is 3.34. The maximum absolute atomic E-state index is 5.96. The van der Waals surface area contributed by atoms with E-state index in [4.69, 9.17) is 23.1 Å². The number of hydrogen-bond donors (Lipinski definition) is 2. The molecule has 0 aliphatic rings. The third-order valence-electron chi connectivity index (χ3n) is 1.84. The molecule has 0 aromatic heterocycles. The summed E-state index contributed by atoms with van der Waals surface area (Å²) in [6.45, 7) is 3.62. The van der Waals surface area contributed by atoms with Crippen LogP contribution >= 0.6 is 11.6 Å². The fourth-order valence-corrected chi connectivity index (χ4v) is 1.41. The molecule has 4 N–H and O–H groups in total. The van der Waals surface area contributed by atoms with Crippen LogP contribution in [0.5, 0.6) is 0 Å². The molecule has 3 heteroatoms. The summed E-state index contributed by atoms with van der Waals surface area (Å²) in [5.41, 5.74) is 13.0. The minimum Gasteiger partial charge on any atom is -0.399 e. The minimum atomic E-state index is -0.117. The predicted molar refractivity (Wildman–Crippen MR) is 57.6 cm³/mol. The molecular formula is C10H13ClN2. The molecule has 0 fully saturated rings.